The summed E-state index contributed by atoms with van der Waals surface area (Å²) >= 11 is 0. The van der Waals surface area contributed by atoms with Gasteiger partial charge in [-0.1, -0.05) is 24.3 Å². The van der Waals surface area contributed by atoms with E-state index in [9.17, 15) is 13.2 Å². The number of para-hydroxylation sites is 1. The molecule has 0 aromatic heterocycles. The first-order valence-electron chi connectivity index (χ1n) is 9.58. The fourth-order valence-corrected chi connectivity index (χ4v) is 4.17. The molecule has 1 unspecified atom stereocenters. The van der Waals surface area contributed by atoms with Gasteiger partial charge in [-0.05, 0) is 67.9 Å². The minimum Gasteiger partial charge on any atom is -0.497 e. The largest absolute Gasteiger partial charge is 0.497 e. The molecule has 8 heteroatoms. The number of ether oxygens (including phenoxy) is 2. The number of hydrogen-bond acceptors (Lipinski definition) is 5. The Labute approximate surface area is 182 Å². The van der Waals surface area contributed by atoms with E-state index < -0.39 is 16.1 Å². The number of aryl methyl sites for hydroxylation is 1. The van der Waals surface area contributed by atoms with Crippen LogP contribution in [0, 0.1) is 6.92 Å². The molecule has 1 amide bonds. The van der Waals surface area contributed by atoms with Crippen molar-refractivity contribution in [2.24, 2.45) is 0 Å². The molecular formula is C23H24N2O5S. The van der Waals surface area contributed by atoms with Crippen molar-refractivity contribution in [2.45, 2.75) is 24.8 Å². The Morgan fingerprint density at radius 3 is 2.19 bits per heavy atom. The van der Waals surface area contributed by atoms with Gasteiger partial charge in [-0.15, -0.1) is 0 Å². The van der Waals surface area contributed by atoms with E-state index >= 15 is 0 Å². The molecule has 3 rings (SSSR count). The number of nitrogens with one attached hydrogen (secondary N) is 2. The van der Waals surface area contributed by atoms with E-state index in [0.29, 0.717) is 28.4 Å². The number of hydrogen-bond donors (Lipinski definition) is 2. The fraction of sp³-hybridized carbons (Fsp3) is 0.174. The van der Waals surface area contributed by atoms with E-state index in [1.54, 1.807) is 62.4 Å². The van der Waals surface area contributed by atoms with Gasteiger partial charge in [0.05, 0.1) is 12.0 Å². The number of amides is 1. The van der Waals surface area contributed by atoms with E-state index in [-0.39, 0.29) is 10.8 Å². The first kappa shape index (κ1) is 22.2. The van der Waals surface area contributed by atoms with Crippen LogP contribution < -0.4 is 19.5 Å². The predicted molar refractivity (Wildman–Crippen MR) is 120 cm³/mol. The molecule has 0 radical (unpaired) electrons. The maximum absolute atomic E-state index is 12.9. The monoisotopic (exact) mass is 440 g/mol. The quantitative estimate of drug-likeness (QED) is 0.547. The van der Waals surface area contributed by atoms with Gasteiger partial charge in [-0.2, -0.15) is 0 Å². The van der Waals surface area contributed by atoms with Crippen LogP contribution in [0.25, 0.3) is 0 Å². The average molecular weight is 441 g/mol. The second kappa shape index (κ2) is 9.53. The third kappa shape index (κ3) is 5.76. The Kier molecular flexibility index (Phi) is 6.81. The Hall–Kier alpha value is -3.52. The maximum atomic E-state index is 12.9. The normalized spacial score (nSPS) is 12.0. The SMILES string of the molecule is COc1ccc(NS(=O)(=O)c2cc(NC(=O)C(C)Oc3ccccc3)ccc2C)cc1. The lowest BCUT2D eigenvalue weighted by atomic mass is 10.2. The predicted octanol–water partition coefficient (Wildman–Crippen LogP) is 4.21. The highest BCUT2D eigenvalue weighted by molar-refractivity contribution is 7.92. The topological polar surface area (TPSA) is 93.7 Å². The van der Waals surface area contributed by atoms with E-state index in [1.807, 2.05) is 18.2 Å². The van der Waals surface area contributed by atoms with Crippen molar-refractivity contribution < 1.29 is 22.7 Å². The molecule has 0 heterocycles. The summed E-state index contributed by atoms with van der Waals surface area (Å²) in [6, 6.07) is 20.2. The van der Waals surface area contributed by atoms with Crippen LogP contribution >= 0.6 is 0 Å². The molecule has 0 aliphatic heterocycles. The van der Waals surface area contributed by atoms with E-state index in [1.165, 1.54) is 13.2 Å². The van der Waals surface area contributed by atoms with Gasteiger partial charge in [0.15, 0.2) is 6.10 Å². The number of anilines is 2. The molecule has 0 saturated heterocycles. The second-order valence-electron chi connectivity index (χ2n) is 6.88. The summed E-state index contributed by atoms with van der Waals surface area (Å²) in [7, 11) is -2.33. The molecule has 0 aliphatic carbocycles. The second-order valence-corrected chi connectivity index (χ2v) is 8.53. The Morgan fingerprint density at radius 1 is 0.903 bits per heavy atom. The van der Waals surface area contributed by atoms with E-state index in [0.717, 1.165) is 0 Å². The number of rotatable bonds is 8. The van der Waals surface area contributed by atoms with Crippen LogP contribution in [0.1, 0.15) is 12.5 Å². The van der Waals surface area contributed by atoms with Crippen LogP contribution in [0.5, 0.6) is 11.5 Å². The molecular weight excluding hydrogens is 416 g/mol. The van der Waals surface area contributed by atoms with Crippen LogP contribution in [0.2, 0.25) is 0 Å². The van der Waals surface area contributed by atoms with Crippen LogP contribution in [0.3, 0.4) is 0 Å². The fourth-order valence-electron chi connectivity index (χ4n) is 2.84. The first-order valence-corrected chi connectivity index (χ1v) is 11.1. The van der Waals surface area contributed by atoms with Gasteiger partial charge in [-0.3, -0.25) is 9.52 Å². The standard InChI is InChI=1S/C23H24N2O5S/c1-16-9-10-19(24-23(26)17(2)30-21-7-5-4-6-8-21)15-22(16)31(27,28)25-18-11-13-20(29-3)14-12-18/h4-15,17,25H,1-3H3,(H,24,26). The molecule has 0 spiro atoms. The number of benzene rings is 3. The van der Waals surface area contributed by atoms with Crippen molar-refractivity contribution >= 4 is 27.3 Å². The van der Waals surface area contributed by atoms with Crippen LogP contribution in [-0.4, -0.2) is 27.5 Å². The van der Waals surface area contributed by atoms with Crippen LogP contribution in [0.4, 0.5) is 11.4 Å². The molecule has 0 saturated carbocycles. The third-order valence-corrected chi connectivity index (χ3v) is 6.04. The van der Waals surface area contributed by atoms with Crippen molar-refractivity contribution in [2.75, 3.05) is 17.1 Å². The Bertz CT molecular complexity index is 1150. The molecule has 162 valence electrons. The molecule has 2 N–H and O–H groups in total. The number of sulfonamides is 1. The highest BCUT2D eigenvalue weighted by Crippen LogP contribution is 2.24. The van der Waals surface area contributed by atoms with Crippen LogP contribution in [0.15, 0.2) is 77.7 Å². The van der Waals surface area contributed by atoms with Crippen molar-refractivity contribution in [3.8, 4) is 11.5 Å². The summed E-state index contributed by atoms with van der Waals surface area (Å²) in [6.45, 7) is 3.31. The Morgan fingerprint density at radius 2 is 1.55 bits per heavy atom. The lowest BCUT2D eigenvalue weighted by molar-refractivity contribution is -0.122. The average Bonchev–Trinajstić information content (AvgIpc) is 2.76. The number of carbonyl (C=O) groups excluding carboxylic acids is 1. The molecule has 1 atom stereocenters. The maximum Gasteiger partial charge on any atom is 0.265 e. The van der Waals surface area contributed by atoms with E-state index in [2.05, 4.69) is 10.0 Å². The van der Waals surface area contributed by atoms with Crippen molar-refractivity contribution in [3.05, 3.63) is 78.4 Å². The Balaban J connectivity index is 1.74. The minimum atomic E-state index is -3.86. The van der Waals surface area contributed by atoms with Gasteiger partial charge in [0, 0.05) is 11.4 Å². The van der Waals surface area contributed by atoms with Crippen LogP contribution in [-0.2, 0) is 14.8 Å². The van der Waals surface area contributed by atoms with E-state index in [4.69, 9.17) is 9.47 Å². The zero-order chi connectivity index (χ0) is 22.4. The van der Waals surface area contributed by atoms with Gasteiger partial charge in [0.25, 0.3) is 15.9 Å². The van der Waals surface area contributed by atoms with Gasteiger partial charge in [0.2, 0.25) is 0 Å². The lowest BCUT2D eigenvalue weighted by Crippen LogP contribution is -2.30. The lowest BCUT2D eigenvalue weighted by Gasteiger charge is -2.16. The summed E-state index contributed by atoms with van der Waals surface area (Å²) in [5.74, 6) is 0.802. The van der Waals surface area contributed by atoms with Crippen molar-refractivity contribution in [3.63, 3.8) is 0 Å². The molecule has 31 heavy (non-hydrogen) atoms. The molecule has 7 nitrogen and oxygen atoms in total. The highest BCUT2D eigenvalue weighted by atomic mass is 32.2. The zero-order valence-electron chi connectivity index (χ0n) is 17.5. The molecule has 3 aromatic carbocycles. The molecule has 3 aromatic rings. The van der Waals surface area contributed by atoms with Gasteiger partial charge in [0.1, 0.15) is 11.5 Å². The summed E-state index contributed by atoms with van der Waals surface area (Å²) in [5, 5.41) is 2.71. The summed E-state index contributed by atoms with van der Waals surface area (Å²) < 4.78 is 39.1. The van der Waals surface area contributed by atoms with Gasteiger partial charge < -0.3 is 14.8 Å². The number of carbonyl (C=O) groups is 1. The third-order valence-electron chi connectivity index (χ3n) is 4.51. The number of methoxy groups -OCH3 is 1. The summed E-state index contributed by atoms with van der Waals surface area (Å²) in [4.78, 5) is 12.6. The van der Waals surface area contributed by atoms with Crippen molar-refractivity contribution in [1.29, 1.82) is 0 Å². The molecule has 0 bridgehead atoms. The highest BCUT2D eigenvalue weighted by Gasteiger charge is 2.20. The minimum absolute atomic E-state index is 0.0674. The summed E-state index contributed by atoms with van der Waals surface area (Å²) in [5.41, 5.74) is 1.31. The smallest absolute Gasteiger partial charge is 0.265 e. The first-order chi connectivity index (χ1) is 14.8. The van der Waals surface area contributed by atoms with Crippen molar-refractivity contribution in [1.82, 2.24) is 0 Å². The summed E-state index contributed by atoms with van der Waals surface area (Å²) in [6.07, 6.45) is -0.763. The zero-order valence-corrected chi connectivity index (χ0v) is 18.3. The molecule has 0 aliphatic rings. The van der Waals surface area contributed by atoms with Gasteiger partial charge in [-0.25, -0.2) is 8.42 Å². The molecule has 0 fully saturated rings. The van der Waals surface area contributed by atoms with Gasteiger partial charge >= 0.3 is 0 Å².